The van der Waals surface area contributed by atoms with Gasteiger partial charge < -0.3 is 14.4 Å². The van der Waals surface area contributed by atoms with E-state index in [9.17, 15) is 13.2 Å². The number of nitrogens with zero attached hydrogens (tertiary/aromatic N) is 5. The smallest absolute Gasteiger partial charge is 0.353 e. The van der Waals surface area contributed by atoms with Crippen LogP contribution in [-0.2, 0) is 13.2 Å². The Kier molecular flexibility index (Phi) is 4.94. The summed E-state index contributed by atoms with van der Waals surface area (Å²) >= 11 is 0. The van der Waals surface area contributed by atoms with Gasteiger partial charge in [-0.25, -0.2) is 9.97 Å². The lowest BCUT2D eigenvalue weighted by molar-refractivity contribution is -0.137. The first-order chi connectivity index (χ1) is 13.8. The van der Waals surface area contributed by atoms with E-state index in [0.717, 1.165) is 55.6 Å². The molecule has 152 valence electrons. The van der Waals surface area contributed by atoms with Crippen LogP contribution in [0.25, 0.3) is 11.3 Å². The number of anilines is 2. The maximum absolute atomic E-state index is 13.0. The van der Waals surface area contributed by atoms with E-state index >= 15 is 0 Å². The third-order valence-electron chi connectivity index (χ3n) is 5.12. The molecule has 0 atom stereocenters. The van der Waals surface area contributed by atoms with Crippen molar-refractivity contribution >= 4 is 11.8 Å². The van der Waals surface area contributed by atoms with Crippen molar-refractivity contribution in [1.82, 2.24) is 14.5 Å². The van der Waals surface area contributed by atoms with Crippen molar-refractivity contribution in [3.8, 4) is 11.3 Å². The monoisotopic (exact) mass is 401 g/mol. The minimum atomic E-state index is -4.37. The number of alkyl halides is 3. The highest BCUT2D eigenvalue weighted by Gasteiger charge is 2.30. The average Bonchev–Trinajstić information content (AvgIpc) is 3.10. The molecule has 29 heavy (non-hydrogen) atoms. The highest BCUT2D eigenvalue weighted by molar-refractivity contribution is 5.62. The lowest BCUT2D eigenvalue weighted by Crippen LogP contribution is -2.47. The van der Waals surface area contributed by atoms with Crippen LogP contribution in [0.5, 0.6) is 0 Å². The molecule has 1 aliphatic rings. The van der Waals surface area contributed by atoms with E-state index < -0.39 is 11.7 Å². The minimum Gasteiger partial charge on any atom is -0.353 e. The van der Waals surface area contributed by atoms with Crippen LogP contribution in [0.1, 0.15) is 11.1 Å². The van der Waals surface area contributed by atoms with Gasteiger partial charge in [-0.1, -0.05) is 18.2 Å². The molecule has 0 spiro atoms. The summed E-state index contributed by atoms with van der Waals surface area (Å²) in [6.45, 7) is 5.16. The van der Waals surface area contributed by atoms with Crippen molar-refractivity contribution in [1.29, 1.82) is 0 Å². The van der Waals surface area contributed by atoms with Gasteiger partial charge in [0, 0.05) is 51.2 Å². The molecule has 0 amide bonds. The molecule has 8 heteroatoms. The van der Waals surface area contributed by atoms with E-state index in [0.29, 0.717) is 11.3 Å². The van der Waals surface area contributed by atoms with E-state index in [1.54, 1.807) is 12.3 Å². The number of aromatic nitrogens is 3. The Hall–Kier alpha value is -3.03. The van der Waals surface area contributed by atoms with Crippen LogP contribution in [0, 0.1) is 6.92 Å². The summed E-state index contributed by atoms with van der Waals surface area (Å²) < 4.78 is 40.9. The fourth-order valence-corrected chi connectivity index (χ4v) is 3.53. The fourth-order valence-electron chi connectivity index (χ4n) is 3.53. The lowest BCUT2D eigenvalue weighted by atomic mass is 10.1. The van der Waals surface area contributed by atoms with Crippen LogP contribution in [0.15, 0.2) is 48.8 Å². The highest BCUT2D eigenvalue weighted by Crippen LogP contribution is 2.32. The Morgan fingerprint density at radius 3 is 2.34 bits per heavy atom. The van der Waals surface area contributed by atoms with Gasteiger partial charge in [-0.05, 0) is 30.7 Å². The van der Waals surface area contributed by atoms with Crippen LogP contribution in [-0.4, -0.2) is 40.7 Å². The van der Waals surface area contributed by atoms with Gasteiger partial charge in [-0.15, -0.1) is 0 Å². The Bertz CT molecular complexity index is 986. The normalized spacial score (nSPS) is 15.1. The van der Waals surface area contributed by atoms with E-state index in [1.807, 2.05) is 30.8 Å². The number of piperazine rings is 1. The molecule has 3 aromatic rings. The Morgan fingerprint density at radius 2 is 1.69 bits per heavy atom. The van der Waals surface area contributed by atoms with Gasteiger partial charge in [0.15, 0.2) is 0 Å². The molecule has 0 radical (unpaired) electrons. The molecule has 0 unspecified atom stereocenters. The highest BCUT2D eigenvalue weighted by atomic mass is 19.4. The predicted molar refractivity (Wildman–Crippen MR) is 107 cm³/mol. The molecular formula is C21H22F3N5. The third-order valence-corrected chi connectivity index (χ3v) is 5.12. The maximum atomic E-state index is 13.0. The standard InChI is InChI=1S/C21H22F3N5/c1-15-6-7-19(25-13-15)28-8-10-29(11-9-28)20-26-18(14-27(20)2)16-4-3-5-17(12-16)21(22,23)24/h3-7,12-14H,8-11H2,1-2H3. The summed E-state index contributed by atoms with van der Waals surface area (Å²) in [5, 5.41) is 0. The van der Waals surface area contributed by atoms with Gasteiger partial charge in [0.1, 0.15) is 5.82 Å². The second kappa shape index (κ2) is 7.42. The van der Waals surface area contributed by atoms with Gasteiger partial charge in [-0.3, -0.25) is 0 Å². The lowest BCUT2D eigenvalue weighted by Gasteiger charge is -2.35. The van der Waals surface area contributed by atoms with E-state index in [1.165, 1.54) is 6.07 Å². The Labute approximate surface area is 167 Å². The van der Waals surface area contributed by atoms with E-state index in [2.05, 4.69) is 25.8 Å². The van der Waals surface area contributed by atoms with Crippen LogP contribution < -0.4 is 9.80 Å². The molecule has 0 N–H and O–H groups in total. The minimum absolute atomic E-state index is 0.462. The average molecular weight is 401 g/mol. The summed E-state index contributed by atoms with van der Waals surface area (Å²) in [5.74, 6) is 1.72. The molecule has 3 heterocycles. The number of halogens is 3. The number of pyridine rings is 1. The first-order valence-electron chi connectivity index (χ1n) is 9.45. The largest absolute Gasteiger partial charge is 0.416 e. The summed E-state index contributed by atoms with van der Waals surface area (Å²) in [7, 11) is 1.87. The maximum Gasteiger partial charge on any atom is 0.416 e. The quantitative estimate of drug-likeness (QED) is 0.661. The summed E-state index contributed by atoms with van der Waals surface area (Å²) in [6, 6.07) is 9.37. The topological polar surface area (TPSA) is 37.2 Å². The van der Waals surface area contributed by atoms with Gasteiger partial charge in [0.2, 0.25) is 5.95 Å². The van der Waals surface area contributed by atoms with Crippen LogP contribution >= 0.6 is 0 Å². The van der Waals surface area contributed by atoms with Crippen LogP contribution in [0.4, 0.5) is 24.9 Å². The molecule has 1 saturated heterocycles. The van der Waals surface area contributed by atoms with Crippen LogP contribution in [0.3, 0.4) is 0 Å². The second-order valence-corrected chi connectivity index (χ2v) is 7.28. The predicted octanol–water partition coefficient (Wildman–Crippen LogP) is 4.14. The molecule has 1 aromatic carbocycles. The van der Waals surface area contributed by atoms with E-state index in [-0.39, 0.29) is 0 Å². The number of hydrogen-bond acceptors (Lipinski definition) is 4. The van der Waals surface area contributed by atoms with Crippen LogP contribution in [0.2, 0.25) is 0 Å². The van der Waals surface area contributed by atoms with Gasteiger partial charge in [-0.2, -0.15) is 13.2 Å². The van der Waals surface area contributed by atoms with Crippen molar-refractivity contribution in [3.05, 3.63) is 59.9 Å². The summed E-state index contributed by atoms with van der Waals surface area (Å²) in [6.07, 6.45) is -0.728. The molecule has 0 aliphatic carbocycles. The van der Waals surface area contributed by atoms with Crippen molar-refractivity contribution in [2.75, 3.05) is 36.0 Å². The van der Waals surface area contributed by atoms with Gasteiger partial charge in [0.25, 0.3) is 0 Å². The molecule has 1 aliphatic heterocycles. The second-order valence-electron chi connectivity index (χ2n) is 7.28. The van der Waals surface area contributed by atoms with Crippen molar-refractivity contribution in [2.45, 2.75) is 13.1 Å². The van der Waals surface area contributed by atoms with Gasteiger partial charge in [0.05, 0.1) is 11.3 Å². The zero-order valence-electron chi connectivity index (χ0n) is 16.3. The SMILES string of the molecule is Cc1ccc(N2CCN(c3nc(-c4cccc(C(F)(F)F)c4)cn3C)CC2)nc1. The molecule has 5 nitrogen and oxygen atoms in total. The van der Waals surface area contributed by atoms with Crippen molar-refractivity contribution < 1.29 is 13.2 Å². The zero-order valence-corrected chi connectivity index (χ0v) is 16.3. The third kappa shape index (κ3) is 4.06. The molecular weight excluding hydrogens is 379 g/mol. The molecule has 0 bridgehead atoms. The first-order valence-corrected chi connectivity index (χ1v) is 9.45. The fraction of sp³-hybridized carbons (Fsp3) is 0.333. The first kappa shape index (κ1) is 19.3. The molecule has 1 fully saturated rings. The Balaban J connectivity index is 1.50. The number of aryl methyl sites for hydroxylation is 2. The summed E-state index contributed by atoms with van der Waals surface area (Å²) in [5.41, 5.74) is 1.46. The van der Waals surface area contributed by atoms with E-state index in [4.69, 9.17) is 0 Å². The molecule has 0 saturated carbocycles. The molecule has 2 aromatic heterocycles. The number of imidazole rings is 1. The number of rotatable bonds is 3. The van der Waals surface area contributed by atoms with Crippen molar-refractivity contribution in [3.63, 3.8) is 0 Å². The van der Waals surface area contributed by atoms with Gasteiger partial charge >= 0.3 is 6.18 Å². The number of hydrogen-bond donors (Lipinski definition) is 0. The molecule has 4 rings (SSSR count). The Morgan fingerprint density at radius 1 is 0.966 bits per heavy atom. The number of benzene rings is 1. The van der Waals surface area contributed by atoms with Crippen molar-refractivity contribution in [2.24, 2.45) is 7.05 Å². The summed E-state index contributed by atoms with van der Waals surface area (Å²) in [4.78, 5) is 13.5. The zero-order chi connectivity index (χ0) is 20.6.